The van der Waals surface area contributed by atoms with Gasteiger partial charge >= 0.3 is 0 Å². The molecule has 0 amide bonds. The second-order valence-electron chi connectivity index (χ2n) is 17.2. The molecule has 314 valence electrons. The fourth-order valence-electron chi connectivity index (χ4n) is 9.57. The lowest BCUT2D eigenvalue weighted by atomic mass is 9.80. The van der Waals surface area contributed by atoms with Crippen molar-refractivity contribution < 1.29 is 0 Å². The van der Waals surface area contributed by atoms with E-state index in [9.17, 15) is 0 Å². The minimum atomic E-state index is -0.00762. The van der Waals surface area contributed by atoms with Crippen molar-refractivity contribution in [3.05, 3.63) is 215 Å². The molecule has 0 aliphatic heterocycles. The standard InChI is InChI=1S/C30H24.C17H20.C13H10S.C2H6/c1-19-12-15-25-27(16-19)30(2,3)28-18-26(23-10-6-7-11-24(23)29(25)28)22-14-13-20-8-4-5-9-21(20)17-22;1-4-14-10-8-11-15(5-2)17(14)16-12-7-6-9-13(16)3;1-9-6-7-11-10-4-2-3-5-12(10)14-13(11)8-9;1-2/h4-18H,1-3H3;6-12H,4-5H2,1-3H3;2-8H,1H3;1-2H3. The van der Waals surface area contributed by atoms with Crippen LogP contribution in [0.5, 0.6) is 0 Å². The number of fused-ring (bicyclic) bond motifs is 9. The minimum absolute atomic E-state index is 0.00762. The smallest absolute Gasteiger partial charge is 0.0358 e. The summed E-state index contributed by atoms with van der Waals surface area (Å²) in [6.07, 6.45) is 2.19. The lowest BCUT2D eigenvalue weighted by molar-refractivity contribution is 0.660. The molecule has 0 radical (unpaired) electrons. The molecule has 11 rings (SSSR count). The van der Waals surface area contributed by atoms with E-state index in [-0.39, 0.29) is 5.41 Å². The van der Waals surface area contributed by atoms with Gasteiger partial charge in [0.25, 0.3) is 0 Å². The average molecular weight is 837 g/mol. The van der Waals surface area contributed by atoms with E-state index in [2.05, 4.69) is 224 Å². The molecule has 0 nitrogen and oxygen atoms in total. The Morgan fingerprint density at radius 1 is 0.413 bits per heavy atom. The molecule has 0 bridgehead atoms. The molecular formula is C62H60S. The Balaban J connectivity index is 0.000000140. The molecule has 0 N–H and O–H groups in total. The first-order chi connectivity index (χ1) is 30.7. The van der Waals surface area contributed by atoms with Crippen LogP contribution in [0.4, 0.5) is 0 Å². The van der Waals surface area contributed by atoms with Crippen molar-refractivity contribution >= 4 is 53.1 Å². The zero-order valence-corrected chi connectivity index (χ0v) is 39.4. The average Bonchev–Trinajstić information content (AvgIpc) is 3.80. The predicted molar refractivity (Wildman–Crippen MR) is 280 cm³/mol. The summed E-state index contributed by atoms with van der Waals surface area (Å²) >= 11 is 1.88. The van der Waals surface area contributed by atoms with Gasteiger partial charge in [0.05, 0.1) is 0 Å². The van der Waals surface area contributed by atoms with Crippen molar-refractivity contribution in [1.82, 2.24) is 0 Å². The quantitative estimate of drug-likeness (QED) is 0.166. The summed E-state index contributed by atoms with van der Waals surface area (Å²) in [6.45, 7) is 19.7. The fourth-order valence-corrected chi connectivity index (χ4v) is 10.8. The molecule has 0 fully saturated rings. The first-order valence-corrected chi connectivity index (χ1v) is 23.7. The van der Waals surface area contributed by atoms with Crippen LogP contribution in [0.25, 0.3) is 75.1 Å². The van der Waals surface area contributed by atoms with Gasteiger partial charge in [-0.15, -0.1) is 11.3 Å². The zero-order chi connectivity index (χ0) is 44.3. The van der Waals surface area contributed by atoms with E-state index >= 15 is 0 Å². The molecule has 9 aromatic carbocycles. The van der Waals surface area contributed by atoms with Crippen LogP contribution in [0, 0.1) is 20.8 Å². The van der Waals surface area contributed by atoms with E-state index in [1.807, 2.05) is 25.2 Å². The Bertz CT molecular complexity index is 3210. The lowest BCUT2D eigenvalue weighted by Crippen LogP contribution is -2.15. The second kappa shape index (κ2) is 18.6. The predicted octanol–water partition coefficient (Wildman–Crippen LogP) is 18.5. The highest BCUT2D eigenvalue weighted by Gasteiger charge is 2.37. The van der Waals surface area contributed by atoms with Crippen molar-refractivity contribution in [2.24, 2.45) is 0 Å². The normalized spacial score (nSPS) is 12.1. The summed E-state index contributed by atoms with van der Waals surface area (Å²) in [7, 11) is 0. The molecular weight excluding hydrogens is 777 g/mol. The largest absolute Gasteiger partial charge is 0.135 e. The van der Waals surface area contributed by atoms with Gasteiger partial charge in [-0.25, -0.2) is 0 Å². The highest BCUT2D eigenvalue weighted by Crippen LogP contribution is 2.53. The third-order valence-electron chi connectivity index (χ3n) is 12.8. The minimum Gasteiger partial charge on any atom is -0.135 e. The summed E-state index contributed by atoms with van der Waals surface area (Å²) in [5.74, 6) is 0. The molecule has 1 aromatic heterocycles. The maximum absolute atomic E-state index is 2.46. The summed E-state index contributed by atoms with van der Waals surface area (Å²) in [6, 6.07) is 64.4. The number of thiophene rings is 1. The van der Waals surface area contributed by atoms with Gasteiger partial charge in [0.15, 0.2) is 0 Å². The maximum atomic E-state index is 2.46. The van der Waals surface area contributed by atoms with Gasteiger partial charge in [0, 0.05) is 25.6 Å². The number of aryl methyl sites for hydroxylation is 5. The van der Waals surface area contributed by atoms with E-state index in [0.717, 1.165) is 12.8 Å². The van der Waals surface area contributed by atoms with Gasteiger partial charge in [0.2, 0.25) is 0 Å². The second-order valence-corrected chi connectivity index (χ2v) is 18.3. The van der Waals surface area contributed by atoms with Crippen molar-refractivity contribution in [3.8, 4) is 33.4 Å². The summed E-state index contributed by atoms with van der Waals surface area (Å²) in [4.78, 5) is 0. The fraction of sp³-hybridized carbons (Fsp3) is 0.194. The maximum Gasteiger partial charge on any atom is 0.0358 e. The van der Waals surface area contributed by atoms with Gasteiger partial charge in [-0.1, -0.05) is 199 Å². The first kappa shape index (κ1) is 43.4. The van der Waals surface area contributed by atoms with Crippen LogP contribution in [-0.4, -0.2) is 0 Å². The topological polar surface area (TPSA) is 0 Å². The highest BCUT2D eigenvalue weighted by molar-refractivity contribution is 7.25. The van der Waals surface area contributed by atoms with Gasteiger partial charge in [0.1, 0.15) is 0 Å². The van der Waals surface area contributed by atoms with E-state index in [1.54, 1.807) is 0 Å². The molecule has 0 spiro atoms. The monoisotopic (exact) mass is 836 g/mol. The molecule has 1 aliphatic carbocycles. The summed E-state index contributed by atoms with van der Waals surface area (Å²) in [5, 5.41) is 8.03. The summed E-state index contributed by atoms with van der Waals surface area (Å²) in [5.41, 5.74) is 18.1. The molecule has 1 heteroatoms. The van der Waals surface area contributed by atoms with Gasteiger partial charge < -0.3 is 0 Å². The Morgan fingerprint density at radius 3 is 1.75 bits per heavy atom. The highest BCUT2D eigenvalue weighted by atomic mass is 32.1. The third-order valence-corrected chi connectivity index (χ3v) is 14.0. The number of rotatable bonds is 4. The lowest BCUT2D eigenvalue weighted by Gasteiger charge is -2.23. The number of hydrogen-bond acceptors (Lipinski definition) is 1. The zero-order valence-electron chi connectivity index (χ0n) is 38.6. The van der Waals surface area contributed by atoms with Gasteiger partial charge in [-0.2, -0.15) is 0 Å². The Kier molecular flexibility index (Phi) is 12.8. The first-order valence-electron chi connectivity index (χ1n) is 22.9. The Hall–Kier alpha value is -6.28. The van der Waals surface area contributed by atoms with Crippen LogP contribution in [0.15, 0.2) is 176 Å². The van der Waals surface area contributed by atoms with E-state index in [4.69, 9.17) is 0 Å². The molecule has 0 saturated heterocycles. The SMILES string of the molecule is CC.CCc1cccc(CC)c1-c1ccccc1C.Cc1ccc2c(c1)C(C)(C)c1cc(-c3ccc4ccccc4c3)c3ccccc3c1-2.Cc1ccc2c(c1)sc1ccccc12. The van der Waals surface area contributed by atoms with Crippen LogP contribution >= 0.6 is 11.3 Å². The molecule has 1 aliphatic rings. The van der Waals surface area contributed by atoms with Gasteiger partial charge in [-0.3, -0.25) is 0 Å². The van der Waals surface area contributed by atoms with Crippen LogP contribution in [-0.2, 0) is 18.3 Å². The van der Waals surface area contributed by atoms with Gasteiger partial charge in [-0.05, 0) is 146 Å². The molecule has 1 heterocycles. The molecule has 0 atom stereocenters. The van der Waals surface area contributed by atoms with Crippen molar-refractivity contribution in [2.75, 3.05) is 0 Å². The Morgan fingerprint density at radius 2 is 1.02 bits per heavy atom. The van der Waals surface area contributed by atoms with Crippen LogP contribution in [0.2, 0.25) is 0 Å². The van der Waals surface area contributed by atoms with Crippen LogP contribution < -0.4 is 0 Å². The Labute approximate surface area is 379 Å². The van der Waals surface area contributed by atoms with E-state index in [1.165, 1.54) is 114 Å². The molecule has 63 heavy (non-hydrogen) atoms. The van der Waals surface area contributed by atoms with Crippen molar-refractivity contribution in [3.63, 3.8) is 0 Å². The van der Waals surface area contributed by atoms with Crippen LogP contribution in [0.3, 0.4) is 0 Å². The third kappa shape index (κ3) is 8.36. The molecule has 0 unspecified atom stereocenters. The van der Waals surface area contributed by atoms with Crippen molar-refractivity contribution in [2.45, 2.75) is 80.6 Å². The van der Waals surface area contributed by atoms with Crippen LogP contribution in [0.1, 0.15) is 80.5 Å². The number of benzene rings is 9. The van der Waals surface area contributed by atoms with Crippen molar-refractivity contribution in [1.29, 1.82) is 0 Å². The number of hydrogen-bond donors (Lipinski definition) is 0. The van der Waals surface area contributed by atoms with E-state index < -0.39 is 0 Å². The molecule has 0 saturated carbocycles. The summed E-state index contributed by atoms with van der Waals surface area (Å²) < 4.78 is 2.78. The molecule has 10 aromatic rings. The van der Waals surface area contributed by atoms with E-state index in [0.29, 0.717) is 0 Å².